The Morgan fingerprint density at radius 3 is 2.58 bits per heavy atom. The average Bonchev–Trinajstić information content (AvgIpc) is 2.69. The Bertz CT molecular complexity index is 1050. The van der Waals surface area contributed by atoms with Gasteiger partial charge < -0.3 is 4.90 Å². The Hall–Kier alpha value is -3.39. The number of rotatable bonds is 3. The van der Waals surface area contributed by atoms with Crippen molar-refractivity contribution in [3.05, 3.63) is 102 Å². The Kier molecular flexibility index (Phi) is 4.48. The van der Waals surface area contributed by atoms with Crippen LogP contribution in [0.2, 0.25) is 0 Å². The summed E-state index contributed by atoms with van der Waals surface area (Å²) in [6, 6.07) is 22.9. The summed E-state index contributed by atoms with van der Waals surface area (Å²) in [6.07, 6.45) is 12.2. The molecular weight excluding hydrogens is 316 g/mol. The molecule has 1 aliphatic rings. The van der Waals surface area contributed by atoms with Crippen LogP contribution < -0.4 is 4.90 Å². The number of nitrogens with zero attached hydrogens (tertiary/aromatic N) is 2. The van der Waals surface area contributed by atoms with E-state index in [-0.39, 0.29) is 0 Å². The summed E-state index contributed by atoms with van der Waals surface area (Å²) in [6.45, 7) is 0. The van der Waals surface area contributed by atoms with Gasteiger partial charge in [-0.2, -0.15) is 0 Å². The third kappa shape index (κ3) is 3.22. The quantitative estimate of drug-likeness (QED) is 0.524. The van der Waals surface area contributed by atoms with Gasteiger partial charge in [0.25, 0.3) is 0 Å². The fourth-order valence-electron chi connectivity index (χ4n) is 3.18. The molecule has 1 heterocycles. The minimum Gasteiger partial charge on any atom is -0.344 e. The van der Waals surface area contributed by atoms with Crippen molar-refractivity contribution >= 4 is 34.4 Å². The van der Waals surface area contributed by atoms with Crippen molar-refractivity contribution in [1.82, 2.24) is 0 Å². The molecule has 0 unspecified atom stereocenters. The first-order valence-electron chi connectivity index (χ1n) is 8.72. The SMILES string of the molecule is CN1/C(=C/C=C/C=Nc2cccc3ccccc23)C=Cc2ccccc21. The van der Waals surface area contributed by atoms with Crippen LogP contribution in [0.5, 0.6) is 0 Å². The van der Waals surface area contributed by atoms with Gasteiger partial charge in [0.1, 0.15) is 0 Å². The molecule has 0 atom stereocenters. The van der Waals surface area contributed by atoms with Crippen LogP contribution in [0.15, 0.2) is 102 Å². The van der Waals surface area contributed by atoms with Gasteiger partial charge in [0.15, 0.2) is 0 Å². The zero-order valence-electron chi connectivity index (χ0n) is 14.7. The van der Waals surface area contributed by atoms with Crippen LogP contribution in [0.25, 0.3) is 16.8 Å². The van der Waals surface area contributed by atoms with Crippen molar-refractivity contribution in [3.8, 4) is 0 Å². The number of para-hydroxylation sites is 1. The van der Waals surface area contributed by atoms with Gasteiger partial charge in [0.05, 0.1) is 5.69 Å². The van der Waals surface area contributed by atoms with Gasteiger partial charge in [-0.1, -0.05) is 66.7 Å². The monoisotopic (exact) mass is 336 g/mol. The molecule has 0 saturated carbocycles. The molecule has 2 nitrogen and oxygen atoms in total. The molecule has 126 valence electrons. The predicted octanol–water partition coefficient (Wildman–Crippen LogP) is 6.15. The van der Waals surface area contributed by atoms with Crippen molar-refractivity contribution in [3.63, 3.8) is 0 Å². The lowest BCUT2D eigenvalue weighted by Gasteiger charge is -2.25. The molecule has 0 amide bonds. The second-order valence-corrected chi connectivity index (χ2v) is 6.20. The lowest BCUT2D eigenvalue weighted by atomic mass is 10.1. The Balaban J connectivity index is 1.51. The Morgan fingerprint density at radius 1 is 0.808 bits per heavy atom. The summed E-state index contributed by atoms with van der Waals surface area (Å²) >= 11 is 0. The van der Waals surface area contributed by atoms with Crippen molar-refractivity contribution in [2.45, 2.75) is 0 Å². The maximum absolute atomic E-state index is 4.60. The number of allylic oxidation sites excluding steroid dienone is 4. The van der Waals surface area contributed by atoms with Gasteiger partial charge in [0, 0.05) is 30.0 Å². The van der Waals surface area contributed by atoms with Crippen LogP contribution >= 0.6 is 0 Å². The maximum Gasteiger partial charge on any atom is 0.0707 e. The molecule has 26 heavy (non-hydrogen) atoms. The summed E-state index contributed by atoms with van der Waals surface area (Å²) < 4.78 is 0. The number of benzene rings is 3. The van der Waals surface area contributed by atoms with Crippen molar-refractivity contribution in [2.24, 2.45) is 4.99 Å². The van der Waals surface area contributed by atoms with E-state index in [1.54, 1.807) is 0 Å². The standard InChI is InChI=1S/C24H20N2/c1-26-21(17-16-20-10-3-5-15-24(20)26)12-6-7-18-25-23-14-8-11-19-9-2-4-13-22(19)23/h2-18H,1H3/b7-6+,21-12+,25-18?. The van der Waals surface area contributed by atoms with E-state index in [2.05, 4.69) is 77.6 Å². The summed E-state index contributed by atoms with van der Waals surface area (Å²) in [5.41, 5.74) is 4.61. The topological polar surface area (TPSA) is 15.6 Å². The van der Waals surface area contributed by atoms with Gasteiger partial charge in [-0.25, -0.2) is 0 Å². The van der Waals surface area contributed by atoms with E-state index < -0.39 is 0 Å². The second kappa shape index (κ2) is 7.24. The molecule has 3 aromatic rings. The molecule has 3 aromatic carbocycles. The van der Waals surface area contributed by atoms with Gasteiger partial charge >= 0.3 is 0 Å². The van der Waals surface area contributed by atoms with Crippen molar-refractivity contribution in [1.29, 1.82) is 0 Å². The smallest absolute Gasteiger partial charge is 0.0707 e. The predicted molar refractivity (Wildman–Crippen MR) is 113 cm³/mol. The molecule has 0 fully saturated rings. The van der Waals surface area contributed by atoms with E-state index >= 15 is 0 Å². The van der Waals surface area contributed by atoms with Gasteiger partial charge in [-0.3, -0.25) is 4.99 Å². The Morgan fingerprint density at radius 2 is 1.62 bits per heavy atom. The van der Waals surface area contributed by atoms with Crippen molar-refractivity contribution < 1.29 is 0 Å². The van der Waals surface area contributed by atoms with Crippen LogP contribution in [0.3, 0.4) is 0 Å². The molecular formula is C24H20N2. The van der Waals surface area contributed by atoms with E-state index in [0.717, 1.165) is 11.4 Å². The molecule has 1 aliphatic heterocycles. The molecule has 0 N–H and O–H groups in total. The highest BCUT2D eigenvalue weighted by Crippen LogP contribution is 2.29. The van der Waals surface area contributed by atoms with Gasteiger partial charge in [0.2, 0.25) is 0 Å². The molecule has 0 aliphatic carbocycles. The second-order valence-electron chi connectivity index (χ2n) is 6.20. The molecule has 0 bridgehead atoms. The minimum absolute atomic E-state index is 0.990. The highest BCUT2D eigenvalue weighted by molar-refractivity contribution is 5.94. The zero-order valence-corrected chi connectivity index (χ0v) is 14.7. The van der Waals surface area contributed by atoms with Gasteiger partial charge in [-0.15, -0.1) is 0 Å². The molecule has 0 spiro atoms. The highest BCUT2D eigenvalue weighted by atomic mass is 15.1. The summed E-state index contributed by atoms with van der Waals surface area (Å²) in [7, 11) is 2.09. The molecule has 2 heteroatoms. The summed E-state index contributed by atoms with van der Waals surface area (Å²) in [5.74, 6) is 0. The third-order valence-corrected chi connectivity index (χ3v) is 4.56. The number of likely N-dealkylation sites (N-methyl/N-ethyl adjacent to an activating group) is 1. The first kappa shape index (κ1) is 16.1. The fraction of sp³-hybridized carbons (Fsp3) is 0.0417. The first-order valence-corrected chi connectivity index (χ1v) is 8.72. The number of anilines is 1. The number of hydrogen-bond acceptors (Lipinski definition) is 2. The summed E-state index contributed by atoms with van der Waals surface area (Å²) in [4.78, 5) is 6.80. The maximum atomic E-state index is 4.60. The van der Waals surface area contributed by atoms with E-state index in [1.807, 2.05) is 42.6 Å². The average molecular weight is 336 g/mol. The lowest BCUT2D eigenvalue weighted by Crippen LogP contribution is -2.18. The largest absolute Gasteiger partial charge is 0.344 e. The van der Waals surface area contributed by atoms with Crippen molar-refractivity contribution in [2.75, 3.05) is 11.9 Å². The van der Waals surface area contributed by atoms with E-state index in [4.69, 9.17) is 0 Å². The van der Waals surface area contributed by atoms with Gasteiger partial charge in [-0.05, 0) is 41.3 Å². The van der Waals surface area contributed by atoms with Crippen LogP contribution in [-0.2, 0) is 0 Å². The molecule has 0 saturated heterocycles. The van der Waals surface area contributed by atoms with E-state index in [9.17, 15) is 0 Å². The normalized spacial score (nSPS) is 15.4. The first-order chi connectivity index (χ1) is 12.8. The Labute approximate surface area is 154 Å². The van der Waals surface area contributed by atoms with E-state index in [0.29, 0.717) is 0 Å². The molecule has 0 radical (unpaired) electrons. The minimum atomic E-state index is 0.990. The highest BCUT2D eigenvalue weighted by Gasteiger charge is 2.11. The van der Waals surface area contributed by atoms with E-state index in [1.165, 1.54) is 22.0 Å². The summed E-state index contributed by atoms with van der Waals surface area (Å²) in [5, 5.41) is 2.38. The number of hydrogen-bond donors (Lipinski definition) is 0. The van der Waals surface area contributed by atoms with Crippen LogP contribution in [0.4, 0.5) is 11.4 Å². The van der Waals surface area contributed by atoms with Crippen LogP contribution in [-0.4, -0.2) is 13.3 Å². The third-order valence-electron chi connectivity index (χ3n) is 4.56. The van der Waals surface area contributed by atoms with Crippen LogP contribution in [0, 0.1) is 0 Å². The lowest BCUT2D eigenvalue weighted by molar-refractivity contribution is 1.12. The van der Waals surface area contributed by atoms with Crippen LogP contribution in [0.1, 0.15) is 5.56 Å². The number of fused-ring (bicyclic) bond motifs is 2. The number of aliphatic imine (C=N–C) groups is 1. The fourth-order valence-corrected chi connectivity index (χ4v) is 3.18. The molecule has 4 rings (SSSR count). The molecule has 0 aromatic heterocycles. The zero-order chi connectivity index (χ0) is 17.8.